The van der Waals surface area contributed by atoms with Crippen LogP contribution in [0, 0.1) is 0 Å². The standard InChI is InChI=1S/C48H92O4/c1-3-5-7-9-11-13-15-17-19-21-22-23-24-25-26-27-29-31-33-35-37-39-41-43-48(50)52-47(45-49)46-51-44-42-40-38-36-34-32-30-28-20-18-16-14-12-10-8-6-4-2/h14,16,20,28,47,49H,3-13,15,17-19,21-27,29-46H2,1-2H3/b16-14-,28-20-. The molecule has 0 aliphatic rings. The second kappa shape index (κ2) is 46.0. The summed E-state index contributed by atoms with van der Waals surface area (Å²) < 4.78 is 11.2. The lowest BCUT2D eigenvalue weighted by atomic mass is 10.0. The summed E-state index contributed by atoms with van der Waals surface area (Å²) in [5.41, 5.74) is 0. The Balaban J connectivity index is 3.38. The molecule has 4 heteroatoms. The van der Waals surface area contributed by atoms with Crippen LogP contribution in [0.2, 0.25) is 0 Å². The maximum atomic E-state index is 12.2. The summed E-state index contributed by atoms with van der Waals surface area (Å²) >= 11 is 0. The SMILES string of the molecule is CCCCCC/C=C\C/C=C\CCCCCCCCOCC(CO)OC(=O)CCCCCCCCCCCCCCCCCCCCCCCCC. The number of unbranched alkanes of at least 4 members (excludes halogenated alkanes) is 32. The number of carbonyl (C=O) groups excluding carboxylic acids is 1. The smallest absolute Gasteiger partial charge is 0.306 e. The Kier molecular flexibility index (Phi) is 45.0. The van der Waals surface area contributed by atoms with E-state index < -0.39 is 6.10 Å². The molecule has 0 spiro atoms. The lowest BCUT2D eigenvalue weighted by Crippen LogP contribution is -2.27. The van der Waals surface area contributed by atoms with Crippen LogP contribution in [0.25, 0.3) is 0 Å². The van der Waals surface area contributed by atoms with E-state index in [4.69, 9.17) is 9.47 Å². The van der Waals surface area contributed by atoms with Crippen molar-refractivity contribution in [3.63, 3.8) is 0 Å². The molecular formula is C48H92O4. The molecule has 0 aliphatic carbocycles. The molecule has 0 aromatic carbocycles. The van der Waals surface area contributed by atoms with Crippen molar-refractivity contribution in [2.24, 2.45) is 0 Å². The van der Waals surface area contributed by atoms with E-state index in [1.54, 1.807) is 0 Å². The van der Waals surface area contributed by atoms with Crippen molar-refractivity contribution in [2.75, 3.05) is 19.8 Å². The Hall–Kier alpha value is -1.13. The van der Waals surface area contributed by atoms with Gasteiger partial charge >= 0.3 is 5.97 Å². The predicted molar refractivity (Wildman–Crippen MR) is 228 cm³/mol. The quantitative estimate of drug-likeness (QED) is 0.0385. The molecule has 0 aromatic heterocycles. The van der Waals surface area contributed by atoms with Crippen molar-refractivity contribution < 1.29 is 19.4 Å². The van der Waals surface area contributed by atoms with Crippen molar-refractivity contribution in [3.05, 3.63) is 24.3 Å². The number of hydrogen-bond acceptors (Lipinski definition) is 4. The van der Waals surface area contributed by atoms with Crippen LogP contribution in [0.3, 0.4) is 0 Å². The van der Waals surface area contributed by atoms with Gasteiger partial charge in [-0.25, -0.2) is 0 Å². The topological polar surface area (TPSA) is 55.8 Å². The minimum atomic E-state index is -0.536. The number of rotatable bonds is 44. The molecule has 0 aliphatic heterocycles. The van der Waals surface area contributed by atoms with E-state index in [1.165, 1.54) is 205 Å². The largest absolute Gasteiger partial charge is 0.457 e. The van der Waals surface area contributed by atoms with Gasteiger partial charge in [-0.3, -0.25) is 4.79 Å². The van der Waals surface area contributed by atoms with Gasteiger partial charge < -0.3 is 14.6 Å². The van der Waals surface area contributed by atoms with Crippen molar-refractivity contribution >= 4 is 5.97 Å². The van der Waals surface area contributed by atoms with Crippen molar-refractivity contribution in [2.45, 2.75) is 258 Å². The van der Waals surface area contributed by atoms with Crippen molar-refractivity contribution in [1.82, 2.24) is 0 Å². The van der Waals surface area contributed by atoms with E-state index in [1.807, 2.05) is 0 Å². The summed E-state index contributed by atoms with van der Waals surface area (Å²) in [5, 5.41) is 9.62. The fraction of sp³-hybridized carbons (Fsp3) is 0.896. The Bertz CT molecular complexity index is 732. The monoisotopic (exact) mass is 733 g/mol. The molecule has 1 unspecified atom stereocenters. The van der Waals surface area contributed by atoms with Crippen LogP contribution < -0.4 is 0 Å². The van der Waals surface area contributed by atoms with Gasteiger partial charge in [-0.1, -0.05) is 224 Å². The van der Waals surface area contributed by atoms with Gasteiger partial charge in [-0.2, -0.15) is 0 Å². The number of aliphatic hydroxyl groups is 1. The highest BCUT2D eigenvalue weighted by Gasteiger charge is 2.13. The summed E-state index contributed by atoms with van der Waals surface area (Å²) in [6.45, 7) is 5.35. The first-order valence-corrected chi connectivity index (χ1v) is 23.4. The molecule has 308 valence electrons. The number of carbonyl (C=O) groups is 1. The van der Waals surface area contributed by atoms with Gasteiger partial charge in [0.25, 0.3) is 0 Å². The first-order valence-electron chi connectivity index (χ1n) is 23.4. The molecule has 0 bridgehead atoms. The summed E-state index contributed by atoms with van der Waals surface area (Å²) in [6, 6.07) is 0. The number of hydrogen-bond donors (Lipinski definition) is 1. The zero-order valence-electron chi connectivity index (χ0n) is 35.3. The lowest BCUT2D eigenvalue weighted by molar-refractivity contribution is -0.154. The summed E-state index contributed by atoms with van der Waals surface area (Å²) in [5.74, 6) is -0.199. The predicted octanol–water partition coefficient (Wildman–Crippen LogP) is 15.5. The van der Waals surface area contributed by atoms with Gasteiger partial charge in [0, 0.05) is 13.0 Å². The summed E-state index contributed by atoms with van der Waals surface area (Å²) in [6.07, 6.45) is 56.8. The zero-order chi connectivity index (χ0) is 37.7. The molecule has 0 rings (SSSR count). The Morgan fingerprint density at radius 2 is 0.808 bits per heavy atom. The average molecular weight is 733 g/mol. The zero-order valence-corrected chi connectivity index (χ0v) is 35.3. The number of ether oxygens (including phenoxy) is 2. The van der Waals surface area contributed by atoms with Crippen LogP contribution in [-0.2, 0) is 14.3 Å². The third-order valence-corrected chi connectivity index (χ3v) is 10.5. The normalized spacial score (nSPS) is 12.4. The molecule has 0 saturated carbocycles. The summed E-state index contributed by atoms with van der Waals surface area (Å²) in [7, 11) is 0. The van der Waals surface area contributed by atoms with Crippen molar-refractivity contribution in [3.8, 4) is 0 Å². The molecule has 1 N–H and O–H groups in total. The second-order valence-corrected chi connectivity index (χ2v) is 15.8. The first kappa shape index (κ1) is 50.9. The van der Waals surface area contributed by atoms with E-state index in [9.17, 15) is 9.90 Å². The van der Waals surface area contributed by atoms with Gasteiger partial charge in [0.15, 0.2) is 0 Å². The van der Waals surface area contributed by atoms with Crippen LogP contribution in [0.15, 0.2) is 24.3 Å². The van der Waals surface area contributed by atoms with E-state index in [2.05, 4.69) is 38.2 Å². The maximum Gasteiger partial charge on any atom is 0.306 e. The molecule has 52 heavy (non-hydrogen) atoms. The molecule has 0 amide bonds. The van der Waals surface area contributed by atoms with Gasteiger partial charge in [0.1, 0.15) is 6.10 Å². The van der Waals surface area contributed by atoms with E-state index >= 15 is 0 Å². The fourth-order valence-corrected chi connectivity index (χ4v) is 7.01. The van der Waals surface area contributed by atoms with Crippen LogP contribution in [0.1, 0.15) is 251 Å². The van der Waals surface area contributed by atoms with Crippen molar-refractivity contribution in [1.29, 1.82) is 0 Å². The number of allylic oxidation sites excluding steroid dienone is 4. The van der Waals surface area contributed by atoms with Gasteiger partial charge in [-0.15, -0.1) is 0 Å². The van der Waals surface area contributed by atoms with E-state index in [0.717, 1.165) is 25.7 Å². The molecule has 0 radical (unpaired) electrons. The summed E-state index contributed by atoms with van der Waals surface area (Å²) in [4.78, 5) is 12.2. The van der Waals surface area contributed by atoms with Gasteiger partial charge in [-0.05, 0) is 44.9 Å². The molecule has 0 saturated heterocycles. The third kappa shape index (κ3) is 43.3. The maximum absolute atomic E-state index is 12.2. The molecule has 0 heterocycles. The second-order valence-electron chi connectivity index (χ2n) is 15.8. The van der Waals surface area contributed by atoms with E-state index in [0.29, 0.717) is 19.6 Å². The highest BCUT2D eigenvalue weighted by atomic mass is 16.6. The highest BCUT2D eigenvalue weighted by Crippen LogP contribution is 2.16. The Labute approximate surface area is 326 Å². The van der Waals surface area contributed by atoms with Gasteiger partial charge in [0.2, 0.25) is 0 Å². The van der Waals surface area contributed by atoms with E-state index in [-0.39, 0.29) is 12.6 Å². The molecule has 1 atom stereocenters. The number of esters is 1. The van der Waals surface area contributed by atoms with Crippen LogP contribution in [0.5, 0.6) is 0 Å². The minimum Gasteiger partial charge on any atom is -0.457 e. The lowest BCUT2D eigenvalue weighted by Gasteiger charge is -2.15. The number of aliphatic hydroxyl groups excluding tert-OH is 1. The first-order chi connectivity index (χ1) is 25.7. The molecular weight excluding hydrogens is 641 g/mol. The third-order valence-electron chi connectivity index (χ3n) is 10.5. The Morgan fingerprint density at radius 3 is 1.21 bits per heavy atom. The molecule has 4 nitrogen and oxygen atoms in total. The molecule has 0 aromatic rings. The van der Waals surface area contributed by atoms with Crippen LogP contribution >= 0.6 is 0 Å². The average Bonchev–Trinajstić information content (AvgIpc) is 3.15. The van der Waals surface area contributed by atoms with Crippen LogP contribution in [-0.4, -0.2) is 37.0 Å². The molecule has 0 fully saturated rings. The fourth-order valence-electron chi connectivity index (χ4n) is 7.01. The Morgan fingerprint density at radius 1 is 0.462 bits per heavy atom. The highest BCUT2D eigenvalue weighted by molar-refractivity contribution is 5.69. The van der Waals surface area contributed by atoms with Crippen LogP contribution in [0.4, 0.5) is 0 Å². The minimum absolute atomic E-state index is 0.172. The van der Waals surface area contributed by atoms with Gasteiger partial charge in [0.05, 0.1) is 13.2 Å².